The third-order valence-electron chi connectivity index (χ3n) is 4.90. The Morgan fingerprint density at radius 3 is 2.56 bits per heavy atom. The van der Waals surface area contributed by atoms with Crippen LogP contribution in [0.5, 0.6) is 0 Å². The molecule has 1 fully saturated rings. The van der Waals surface area contributed by atoms with Crippen LogP contribution in [0.2, 0.25) is 0 Å². The van der Waals surface area contributed by atoms with E-state index in [1.54, 1.807) is 0 Å². The fourth-order valence-corrected chi connectivity index (χ4v) is 3.39. The van der Waals surface area contributed by atoms with E-state index in [0.29, 0.717) is 19.6 Å². The summed E-state index contributed by atoms with van der Waals surface area (Å²) in [4.78, 5) is 12.4. The molecule has 27 heavy (non-hydrogen) atoms. The molecule has 0 saturated carbocycles. The number of carbonyl (C=O) groups is 1. The summed E-state index contributed by atoms with van der Waals surface area (Å²) in [6.07, 6.45) is 4.54. The van der Waals surface area contributed by atoms with E-state index in [1.165, 1.54) is 5.56 Å². The van der Waals surface area contributed by atoms with Crippen molar-refractivity contribution in [3.63, 3.8) is 0 Å². The quantitative estimate of drug-likeness (QED) is 0.644. The second-order valence-electron chi connectivity index (χ2n) is 7.01. The lowest BCUT2D eigenvalue weighted by Crippen LogP contribution is -2.30. The molecule has 2 aromatic rings. The van der Waals surface area contributed by atoms with Crippen LogP contribution in [0, 0.1) is 0 Å². The fourth-order valence-electron chi connectivity index (χ4n) is 3.39. The van der Waals surface area contributed by atoms with Gasteiger partial charge in [0.1, 0.15) is 0 Å². The Bertz CT molecular complexity index is 669. The van der Waals surface area contributed by atoms with Crippen molar-refractivity contribution in [1.82, 2.24) is 5.32 Å². The van der Waals surface area contributed by atoms with Gasteiger partial charge in [-0.15, -0.1) is 0 Å². The van der Waals surface area contributed by atoms with Gasteiger partial charge >= 0.3 is 0 Å². The predicted octanol–water partition coefficient (Wildman–Crippen LogP) is 4.06. The van der Waals surface area contributed by atoms with Crippen LogP contribution in [-0.2, 0) is 20.7 Å². The molecule has 0 aliphatic carbocycles. The number of nitrogens with one attached hydrogen (secondary N) is 1. The smallest absolute Gasteiger partial charge is 0.222 e. The van der Waals surface area contributed by atoms with E-state index in [4.69, 9.17) is 9.47 Å². The summed E-state index contributed by atoms with van der Waals surface area (Å²) in [5, 5.41) is 3.18. The Kier molecular flexibility index (Phi) is 7.87. The van der Waals surface area contributed by atoms with Gasteiger partial charge in [-0.3, -0.25) is 4.79 Å². The number of aryl methyl sites for hydroxylation is 1. The second kappa shape index (κ2) is 10.9. The first-order valence-corrected chi connectivity index (χ1v) is 9.89. The van der Waals surface area contributed by atoms with Gasteiger partial charge in [-0.2, -0.15) is 0 Å². The molecule has 0 bridgehead atoms. The van der Waals surface area contributed by atoms with Gasteiger partial charge in [0.2, 0.25) is 5.91 Å². The standard InChI is InChI=1S/C23H29NO3/c25-23(15-17-26-18-21-12-7-16-27-21)24-22(20-10-5-2-6-11-20)14-13-19-8-3-1-4-9-19/h1-6,8-11,21-22H,7,12-18H2,(H,24,25). The highest BCUT2D eigenvalue weighted by Crippen LogP contribution is 2.19. The molecule has 144 valence electrons. The van der Waals surface area contributed by atoms with E-state index < -0.39 is 0 Å². The van der Waals surface area contributed by atoms with Crippen LogP contribution in [0.4, 0.5) is 0 Å². The summed E-state index contributed by atoms with van der Waals surface area (Å²) in [6, 6.07) is 20.6. The number of hydrogen-bond acceptors (Lipinski definition) is 3. The summed E-state index contributed by atoms with van der Waals surface area (Å²) < 4.78 is 11.1. The summed E-state index contributed by atoms with van der Waals surface area (Å²) in [6.45, 7) is 1.85. The Hall–Kier alpha value is -2.17. The van der Waals surface area contributed by atoms with Crippen LogP contribution in [0.1, 0.15) is 42.9 Å². The molecule has 1 saturated heterocycles. The van der Waals surface area contributed by atoms with Crippen molar-refractivity contribution in [3.8, 4) is 0 Å². The fraction of sp³-hybridized carbons (Fsp3) is 0.435. The van der Waals surface area contributed by atoms with Gasteiger partial charge in [0.05, 0.1) is 25.4 Å². The van der Waals surface area contributed by atoms with Gasteiger partial charge in [0.25, 0.3) is 0 Å². The summed E-state index contributed by atoms with van der Waals surface area (Å²) >= 11 is 0. The molecule has 0 aromatic heterocycles. The average Bonchev–Trinajstić information content (AvgIpc) is 3.23. The highest BCUT2D eigenvalue weighted by atomic mass is 16.5. The molecule has 1 aliphatic heterocycles. The minimum Gasteiger partial charge on any atom is -0.378 e. The van der Waals surface area contributed by atoms with Crippen LogP contribution >= 0.6 is 0 Å². The van der Waals surface area contributed by atoms with Crippen molar-refractivity contribution < 1.29 is 14.3 Å². The van der Waals surface area contributed by atoms with Gasteiger partial charge in [0.15, 0.2) is 0 Å². The number of ether oxygens (including phenoxy) is 2. The van der Waals surface area contributed by atoms with Crippen molar-refractivity contribution in [3.05, 3.63) is 71.8 Å². The molecule has 1 amide bonds. The summed E-state index contributed by atoms with van der Waals surface area (Å²) in [5.74, 6) is 0.0317. The molecule has 0 spiro atoms. The van der Waals surface area contributed by atoms with Crippen LogP contribution < -0.4 is 5.32 Å². The molecule has 0 radical (unpaired) electrons. The van der Waals surface area contributed by atoms with Crippen molar-refractivity contribution in [2.75, 3.05) is 19.8 Å². The molecular formula is C23H29NO3. The predicted molar refractivity (Wildman–Crippen MR) is 106 cm³/mol. The Morgan fingerprint density at radius 1 is 1.11 bits per heavy atom. The number of rotatable bonds is 10. The van der Waals surface area contributed by atoms with Crippen LogP contribution in [0.3, 0.4) is 0 Å². The third-order valence-corrected chi connectivity index (χ3v) is 4.90. The minimum absolute atomic E-state index is 0.0112. The topological polar surface area (TPSA) is 47.6 Å². The third kappa shape index (κ3) is 6.81. The van der Waals surface area contributed by atoms with Gasteiger partial charge < -0.3 is 14.8 Å². The van der Waals surface area contributed by atoms with Crippen LogP contribution in [0.25, 0.3) is 0 Å². The highest BCUT2D eigenvalue weighted by molar-refractivity contribution is 5.76. The first-order chi connectivity index (χ1) is 13.3. The molecule has 4 nitrogen and oxygen atoms in total. The average molecular weight is 367 g/mol. The summed E-state index contributed by atoms with van der Waals surface area (Å²) in [7, 11) is 0. The molecule has 3 rings (SSSR count). The maximum Gasteiger partial charge on any atom is 0.222 e. The van der Waals surface area contributed by atoms with Gasteiger partial charge in [-0.05, 0) is 36.8 Å². The minimum atomic E-state index is 0.0112. The van der Waals surface area contributed by atoms with E-state index in [9.17, 15) is 4.79 Å². The zero-order valence-electron chi connectivity index (χ0n) is 15.8. The van der Waals surface area contributed by atoms with E-state index in [1.807, 2.05) is 24.3 Å². The maximum absolute atomic E-state index is 12.4. The normalized spacial score (nSPS) is 17.6. The van der Waals surface area contributed by atoms with Crippen molar-refractivity contribution in [1.29, 1.82) is 0 Å². The van der Waals surface area contributed by atoms with Crippen molar-refractivity contribution >= 4 is 5.91 Å². The molecular weight excluding hydrogens is 338 g/mol. The number of hydrogen-bond donors (Lipinski definition) is 1. The Balaban J connectivity index is 1.47. The van der Waals surface area contributed by atoms with E-state index in [-0.39, 0.29) is 18.1 Å². The Morgan fingerprint density at radius 2 is 1.85 bits per heavy atom. The molecule has 2 atom stereocenters. The molecule has 2 unspecified atom stereocenters. The molecule has 1 aliphatic rings. The zero-order chi connectivity index (χ0) is 18.7. The van der Waals surface area contributed by atoms with Crippen molar-refractivity contribution in [2.24, 2.45) is 0 Å². The largest absolute Gasteiger partial charge is 0.378 e. The lowest BCUT2D eigenvalue weighted by Gasteiger charge is -2.20. The second-order valence-corrected chi connectivity index (χ2v) is 7.01. The van der Waals surface area contributed by atoms with Gasteiger partial charge in [-0.25, -0.2) is 0 Å². The Labute approximate surface area is 161 Å². The van der Waals surface area contributed by atoms with E-state index in [0.717, 1.165) is 37.9 Å². The molecule has 4 heteroatoms. The first-order valence-electron chi connectivity index (χ1n) is 9.89. The van der Waals surface area contributed by atoms with Gasteiger partial charge in [-0.1, -0.05) is 60.7 Å². The number of benzene rings is 2. The number of carbonyl (C=O) groups excluding carboxylic acids is 1. The zero-order valence-corrected chi connectivity index (χ0v) is 15.8. The van der Waals surface area contributed by atoms with Crippen LogP contribution in [-0.4, -0.2) is 31.8 Å². The molecule has 1 N–H and O–H groups in total. The SMILES string of the molecule is O=C(CCOCC1CCCO1)NC(CCc1ccccc1)c1ccccc1. The van der Waals surface area contributed by atoms with E-state index in [2.05, 4.69) is 41.7 Å². The first kappa shape index (κ1) is 19.6. The van der Waals surface area contributed by atoms with E-state index >= 15 is 0 Å². The van der Waals surface area contributed by atoms with Crippen LogP contribution in [0.15, 0.2) is 60.7 Å². The van der Waals surface area contributed by atoms with Crippen molar-refractivity contribution in [2.45, 2.75) is 44.2 Å². The summed E-state index contributed by atoms with van der Waals surface area (Å²) in [5.41, 5.74) is 2.43. The monoisotopic (exact) mass is 367 g/mol. The lowest BCUT2D eigenvalue weighted by molar-refractivity contribution is -0.123. The lowest BCUT2D eigenvalue weighted by atomic mass is 9.99. The molecule has 1 heterocycles. The van der Waals surface area contributed by atoms with Gasteiger partial charge in [0, 0.05) is 13.0 Å². The number of amides is 1. The molecule has 2 aromatic carbocycles. The maximum atomic E-state index is 12.4. The highest BCUT2D eigenvalue weighted by Gasteiger charge is 2.17.